The van der Waals surface area contributed by atoms with E-state index in [1.807, 2.05) is 37.5 Å². The van der Waals surface area contributed by atoms with Crippen LogP contribution in [0.1, 0.15) is 19.0 Å². The fourth-order valence-corrected chi connectivity index (χ4v) is 1.61. The Morgan fingerprint density at radius 3 is 2.89 bits per heavy atom. The summed E-state index contributed by atoms with van der Waals surface area (Å²) in [5.74, 6) is 0.878. The van der Waals surface area contributed by atoms with Gasteiger partial charge in [0.1, 0.15) is 11.4 Å². The van der Waals surface area contributed by atoms with Crippen molar-refractivity contribution in [2.75, 3.05) is 11.9 Å². The Bertz CT molecular complexity index is 495. The molecule has 0 atom stereocenters. The number of rotatable bonds is 6. The van der Waals surface area contributed by atoms with E-state index in [2.05, 4.69) is 22.6 Å². The van der Waals surface area contributed by atoms with Crippen LogP contribution in [0.4, 0.5) is 5.69 Å². The van der Waals surface area contributed by atoms with Crippen LogP contribution in [-0.4, -0.2) is 21.6 Å². The van der Waals surface area contributed by atoms with Crippen LogP contribution in [0.15, 0.2) is 30.5 Å². The van der Waals surface area contributed by atoms with E-state index < -0.39 is 0 Å². The molecule has 0 saturated carbocycles. The van der Waals surface area contributed by atoms with E-state index in [1.165, 1.54) is 0 Å². The van der Waals surface area contributed by atoms with Crippen molar-refractivity contribution in [1.29, 1.82) is 0 Å². The molecule has 1 aromatic carbocycles. The van der Waals surface area contributed by atoms with Gasteiger partial charge in [0.2, 0.25) is 0 Å². The van der Waals surface area contributed by atoms with E-state index in [0.717, 1.165) is 30.2 Å². The van der Waals surface area contributed by atoms with Crippen LogP contribution in [0.3, 0.4) is 0 Å². The van der Waals surface area contributed by atoms with Crippen LogP contribution in [0, 0.1) is 0 Å². The van der Waals surface area contributed by atoms with Gasteiger partial charge in [-0.3, -0.25) is 4.68 Å². The van der Waals surface area contributed by atoms with Crippen molar-refractivity contribution in [1.82, 2.24) is 15.0 Å². The third-order valence-electron chi connectivity index (χ3n) is 2.46. The standard InChI is InChI=1S/C13H18N4O/c1-3-8-18-13-7-5-4-6-12(13)14-9-11-10-17(2)16-15-11/h4-7,10,14H,3,8-9H2,1-2H3. The number of benzene rings is 1. The maximum atomic E-state index is 5.68. The molecule has 5 nitrogen and oxygen atoms in total. The lowest BCUT2D eigenvalue weighted by molar-refractivity contribution is 0.319. The molecule has 1 aromatic heterocycles. The van der Waals surface area contributed by atoms with E-state index in [1.54, 1.807) is 4.68 Å². The number of nitrogens with zero attached hydrogens (tertiary/aromatic N) is 3. The highest BCUT2D eigenvalue weighted by Crippen LogP contribution is 2.24. The molecule has 0 spiro atoms. The van der Waals surface area contributed by atoms with Crippen LogP contribution in [-0.2, 0) is 13.6 Å². The molecule has 0 radical (unpaired) electrons. The van der Waals surface area contributed by atoms with Crippen LogP contribution in [0.2, 0.25) is 0 Å². The Hall–Kier alpha value is -2.04. The molecule has 2 rings (SSSR count). The zero-order chi connectivity index (χ0) is 12.8. The van der Waals surface area contributed by atoms with Gasteiger partial charge < -0.3 is 10.1 Å². The lowest BCUT2D eigenvalue weighted by atomic mass is 10.3. The van der Waals surface area contributed by atoms with E-state index in [9.17, 15) is 0 Å². The molecule has 0 fully saturated rings. The van der Waals surface area contributed by atoms with Crippen LogP contribution in [0.25, 0.3) is 0 Å². The SMILES string of the molecule is CCCOc1ccccc1NCc1cn(C)nn1. The molecule has 0 amide bonds. The largest absolute Gasteiger partial charge is 0.491 e. The van der Waals surface area contributed by atoms with Crippen molar-refractivity contribution in [3.05, 3.63) is 36.2 Å². The molecular weight excluding hydrogens is 228 g/mol. The van der Waals surface area contributed by atoms with Crippen molar-refractivity contribution in [3.8, 4) is 5.75 Å². The number of para-hydroxylation sites is 2. The minimum absolute atomic E-state index is 0.639. The summed E-state index contributed by atoms with van der Waals surface area (Å²) in [6.07, 6.45) is 2.89. The van der Waals surface area contributed by atoms with Crippen molar-refractivity contribution >= 4 is 5.69 Å². The summed E-state index contributed by atoms with van der Waals surface area (Å²) < 4.78 is 7.37. The predicted molar refractivity (Wildman–Crippen MR) is 70.6 cm³/mol. The first-order valence-corrected chi connectivity index (χ1v) is 6.10. The number of ether oxygens (including phenoxy) is 1. The van der Waals surface area contributed by atoms with Crippen molar-refractivity contribution < 1.29 is 4.74 Å². The minimum Gasteiger partial charge on any atom is -0.491 e. The third kappa shape index (κ3) is 3.23. The molecule has 0 unspecified atom stereocenters. The quantitative estimate of drug-likeness (QED) is 0.849. The van der Waals surface area contributed by atoms with Gasteiger partial charge in [-0.2, -0.15) is 0 Å². The van der Waals surface area contributed by atoms with Gasteiger partial charge in [-0.15, -0.1) is 5.10 Å². The number of aryl methyl sites for hydroxylation is 1. The molecule has 0 saturated heterocycles. The average Bonchev–Trinajstić information content (AvgIpc) is 2.81. The summed E-state index contributed by atoms with van der Waals surface area (Å²) in [5, 5.41) is 11.2. The number of nitrogens with one attached hydrogen (secondary N) is 1. The Kier molecular flexibility index (Phi) is 4.17. The first-order chi connectivity index (χ1) is 8.79. The van der Waals surface area contributed by atoms with Crippen LogP contribution < -0.4 is 10.1 Å². The van der Waals surface area contributed by atoms with Gasteiger partial charge >= 0.3 is 0 Å². The number of aromatic nitrogens is 3. The molecule has 96 valence electrons. The van der Waals surface area contributed by atoms with Gasteiger partial charge in [-0.05, 0) is 18.6 Å². The van der Waals surface area contributed by atoms with E-state index in [-0.39, 0.29) is 0 Å². The molecular formula is C13H18N4O. The maximum Gasteiger partial charge on any atom is 0.142 e. The highest BCUT2D eigenvalue weighted by atomic mass is 16.5. The summed E-state index contributed by atoms with van der Waals surface area (Å²) in [6, 6.07) is 7.92. The summed E-state index contributed by atoms with van der Waals surface area (Å²) in [6.45, 7) is 3.46. The molecule has 18 heavy (non-hydrogen) atoms. The Labute approximate surface area is 107 Å². The van der Waals surface area contributed by atoms with Gasteiger partial charge in [0.15, 0.2) is 0 Å². The second kappa shape index (κ2) is 6.05. The normalized spacial score (nSPS) is 10.3. The first kappa shape index (κ1) is 12.4. The summed E-state index contributed by atoms with van der Waals surface area (Å²) in [4.78, 5) is 0. The third-order valence-corrected chi connectivity index (χ3v) is 2.46. The van der Waals surface area contributed by atoms with Crippen molar-refractivity contribution in [3.63, 3.8) is 0 Å². The summed E-state index contributed by atoms with van der Waals surface area (Å²) >= 11 is 0. The molecule has 0 aliphatic carbocycles. The summed E-state index contributed by atoms with van der Waals surface area (Å²) in [7, 11) is 1.86. The fraction of sp³-hybridized carbons (Fsp3) is 0.385. The fourth-order valence-electron chi connectivity index (χ4n) is 1.61. The molecule has 1 N–H and O–H groups in total. The van der Waals surface area contributed by atoms with Crippen LogP contribution in [0.5, 0.6) is 5.75 Å². The van der Waals surface area contributed by atoms with Gasteiger partial charge in [0, 0.05) is 13.2 Å². The second-order valence-corrected chi connectivity index (χ2v) is 4.08. The maximum absolute atomic E-state index is 5.68. The molecule has 0 bridgehead atoms. The Morgan fingerprint density at radius 1 is 1.33 bits per heavy atom. The average molecular weight is 246 g/mol. The highest BCUT2D eigenvalue weighted by Gasteiger charge is 2.03. The predicted octanol–water partition coefficient (Wildman–Crippen LogP) is 2.22. The van der Waals surface area contributed by atoms with E-state index >= 15 is 0 Å². The smallest absolute Gasteiger partial charge is 0.142 e. The van der Waals surface area contributed by atoms with Gasteiger partial charge in [-0.25, -0.2) is 0 Å². The molecule has 2 aromatic rings. The number of hydrogen-bond acceptors (Lipinski definition) is 4. The molecule has 1 heterocycles. The Balaban J connectivity index is 1.99. The summed E-state index contributed by atoms with van der Waals surface area (Å²) in [5.41, 5.74) is 1.89. The number of hydrogen-bond donors (Lipinski definition) is 1. The minimum atomic E-state index is 0.639. The lowest BCUT2D eigenvalue weighted by Crippen LogP contribution is -2.03. The van der Waals surface area contributed by atoms with Gasteiger partial charge in [-0.1, -0.05) is 24.3 Å². The Morgan fingerprint density at radius 2 is 2.17 bits per heavy atom. The highest BCUT2D eigenvalue weighted by molar-refractivity contribution is 5.56. The van der Waals surface area contributed by atoms with E-state index in [0.29, 0.717) is 6.54 Å². The zero-order valence-electron chi connectivity index (χ0n) is 10.8. The molecule has 0 aliphatic heterocycles. The monoisotopic (exact) mass is 246 g/mol. The van der Waals surface area contributed by atoms with Crippen molar-refractivity contribution in [2.24, 2.45) is 7.05 Å². The number of anilines is 1. The topological polar surface area (TPSA) is 52.0 Å². The zero-order valence-corrected chi connectivity index (χ0v) is 10.8. The van der Waals surface area contributed by atoms with E-state index in [4.69, 9.17) is 4.74 Å². The first-order valence-electron chi connectivity index (χ1n) is 6.10. The molecule has 5 heteroatoms. The van der Waals surface area contributed by atoms with Crippen LogP contribution >= 0.6 is 0 Å². The molecule has 0 aliphatic rings. The lowest BCUT2D eigenvalue weighted by Gasteiger charge is -2.11. The van der Waals surface area contributed by atoms with Gasteiger partial charge in [0.05, 0.1) is 18.8 Å². The second-order valence-electron chi connectivity index (χ2n) is 4.08. The van der Waals surface area contributed by atoms with Crippen molar-refractivity contribution in [2.45, 2.75) is 19.9 Å². The van der Waals surface area contributed by atoms with Gasteiger partial charge in [0.25, 0.3) is 0 Å².